The van der Waals surface area contributed by atoms with Crippen LogP contribution in [0.4, 0.5) is 17.1 Å². The lowest BCUT2D eigenvalue weighted by atomic mass is 10.2. The van der Waals surface area contributed by atoms with Gasteiger partial charge in [-0.2, -0.15) is 0 Å². The van der Waals surface area contributed by atoms with E-state index in [1.807, 2.05) is 0 Å². The zero-order valence-electron chi connectivity index (χ0n) is 14.2. The maximum Gasteiger partial charge on any atom is 0.245 e. The lowest BCUT2D eigenvalue weighted by Gasteiger charge is -2.22. The average Bonchev–Trinajstić information content (AvgIpc) is 2.52. The van der Waals surface area contributed by atoms with Gasteiger partial charge in [-0.15, -0.1) is 0 Å². The Morgan fingerprint density at radius 2 is 1.62 bits per heavy atom. The molecular weight excluding hydrogens is 378 g/mol. The fraction of sp³-hybridized carbons (Fsp3) is 0.176. The average molecular weight is 396 g/mol. The number of halogens is 1. The summed E-state index contributed by atoms with van der Waals surface area (Å²) in [7, 11) is -3.67. The molecule has 2 aromatic carbocycles. The minimum Gasteiger partial charge on any atom is -0.326 e. The van der Waals surface area contributed by atoms with Gasteiger partial charge in [0.05, 0.1) is 11.9 Å². The number of carbonyl (C=O) groups is 2. The van der Waals surface area contributed by atoms with Gasteiger partial charge in [-0.1, -0.05) is 17.7 Å². The minimum atomic E-state index is -3.67. The molecule has 0 radical (unpaired) electrons. The number of sulfonamides is 1. The van der Waals surface area contributed by atoms with Gasteiger partial charge in [0.25, 0.3) is 0 Å². The van der Waals surface area contributed by atoms with Crippen LogP contribution in [0.3, 0.4) is 0 Å². The van der Waals surface area contributed by atoms with E-state index in [2.05, 4.69) is 10.6 Å². The monoisotopic (exact) mass is 395 g/mol. The molecule has 2 N–H and O–H groups in total. The van der Waals surface area contributed by atoms with Crippen LogP contribution < -0.4 is 14.9 Å². The van der Waals surface area contributed by atoms with Crippen molar-refractivity contribution in [3.05, 3.63) is 53.6 Å². The summed E-state index contributed by atoms with van der Waals surface area (Å²) >= 11 is 5.82. The quantitative estimate of drug-likeness (QED) is 0.786. The van der Waals surface area contributed by atoms with Gasteiger partial charge in [0.15, 0.2) is 0 Å². The van der Waals surface area contributed by atoms with E-state index < -0.39 is 22.5 Å². The molecule has 138 valence electrons. The number of rotatable bonds is 6. The van der Waals surface area contributed by atoms with E-state index in [-0.39, 0.29) is 5.91 Å². The molecule has 26 heavy (non-hydrogen) atoms. The standard InChI is InChI=1S/C17H18ClN3O4S/c1-12(22)19-14-4-3-5-15(10-14)20-17(23)11-21(26(2,24)25)16-8-6-13(18)7-9-16/h3-10H,11H2,1-2H3,(H,19,22)(H,20,23). The molecule has 0 aliphatic heterocycles. The SMILES string of the molecule is CC(=O)Nc1cccc(NC(=O)CN(c2ccc(Cl)cc2)S(C)(=O)=O)c1. The third-order valence-electron chi connectivity index (χ3n) is 3.27. The molecular formula is C17H18ClN3O4S. The number of benzene rings is 2. The topological polar surface area (TPSA) is 95.6 Å². The summed E-state index contributed by atoms with van der Waals surface area (Å²) in [6.07, 6.45) is 1.02. The number of amides is 2. The van der Waals surface area contributed by atoms with E-state index in [1.165, 1.54) is 19.1 Å². The first-order chi connectivity index (χ1) is 12.1. The first-order valence-electron chi connectivity index (χ1n) is 7.56. The molecule has 0 atom stereocenters. The molecule has 0 saturated heterocycles. The molecule has 0 fully saturated rings. The molecule has 9 heteroatoms. The number of nitrogens with zero attached hydrogens (tertiary/aromatic N) is 1. The third kappa shape index (κ3) is 5.75. The van der Waals surface area contributed by atoms with E-state index >= 15 is 0 Å². The van der Waals surface area contributed by atoms with E-state index in [0.717, 1.165) is 10.6 Å². The Morgan fingerprint density at radius 1 is 1.04 bits per heavy atom. The maximum absolute atomic E-state index is 12.3. The predicted molar refractivity (Wildman–Crippen MR) is 103 cm³/mol. The second-order valence-electron chi connectivity index (χ2n) is 5.56. The van der Waals surface area contributed by atoms with Gasteiger partial charge in [0, 0.05) is 23.3 Å². The fourth-order valence-corrected chi connectivity index (χ4v) is 3.20. The number of hydrogen-bond acceptors (Lipinski definition) is 4. The van der Waals surface area contributed by atoms with Crippen LogP contribution in [0.1, 0.15) is 6.92 Å². The highest BCUT2D eigenvalue weighted by Gasteiger charge is 2.21. The first kappa shape index (κ1) is 19.7. The van der Waals surface area contributed by atoms with Crippen LogP contribution in [0.15, 0.2) is 48.5 Å². The Labute approximate surface area is 157 Å². The zero-order valence-corrected chi connectivity index (χ0v) is 15.8. The van der Waals surface area contributed by atoms with Crippen molar-refractivity contribution in [3.63, 3.8) is 0 Å². The normalized spacial score (nSPS) is 10.9. The molecule has 0 unspecified atom stereocenters. The molecule has 0 saturated carbocycles. The van der Waals surface area contributed by atoms with Gasteiger partial charge in [-0.25, -0.2) is 8.42 Å². The van der Waals surface area contributed by atoms with Crippen molar-refractivity contribution in [2.45, 2.75) is 6.92 Å². The Morgan fingerprint density at radius 3 is 2.15 bits per heavy atom. The fourth-order valence-electron chi connectivity index (χ4n) is 2.22. The van der Waals surface area contributed by atoms with Crippen LogP contribution >= 0.6 is 11.6 Å². The van der Waals surface area contributed by atoms with E-state index in [0.29, 0.717) is 22.1 Å². The molecule has 0 spiro atoms. The second-order valence-corrected chi connectivity index (χ2v) is 7.90. The summed E-state index contributed by atoms with van der Waals surface area (Å²) in [5, 5.41) is 5.68. The number of carbonyl (C=O) groups excluding carboxylic acids is 2. The summed E-state index contributed by atoms with van der Waals surface area (Å²) < 4.78 is 25.1. The van der Waals surface area contributed by atoms with Crippen molar-refractivity contribution in [1.29, 1.82) is 0 Å². The van der Waals surface area contributed by atoms with Crippen LogP contribution in [-0.4, -0.2) is 33.0 Å². The second kappa shape index (κ2) is 8.20. The van der Waals surface area contributed by atoms with Gasteiger partial charge < -0.3 is 10.6 Å². The van der Waals surface area contributed by atoms with Crippen molar-refractivity contribution in [2.75, 3.05) is 27.7 Å². The van der Waals surface area contributed by atoms with Gasteiger partial charge in [-0.05, 0) is 42.5 Å². The van der Waals surface area contributed by atoms with Crippen molar-refractivity contribution in [2.24, 2.45) is 0 Å². The van der Waals surface area contributed by atoms with Gasteiger partial charge in [0.1, 0.15) is 6.54 Å². The summed E-state index contributed by atoms with van der Waals surface area (Å²) in [5.74, 6) is -0.759. The molecule has 7 nitrogen and oxygen atoms in total. The highest BCUT2D eigenvalue weighted by molar-refractivity contribution is 7.92. The summed E-state index contributed by atoms with van der Waals surface area (Å²) in [4.78, 5) is 23.4. The van der Waals surface area contributed by atoms with Crippen LogP contribution in [0.5, 0.6) is 0 Å². The van der Waals surface area contributed by atoms with Crippen LogP contribution in [0.25, 0.3) is 0 Å². The van der Waals surface area contributed by atoms with Crippen molar-refractivity contribution in [1.82, 2.24) is 0 Å². The number of hydrogen-bond donors (Lipinski definition) is 2. The van der Waals surface area contributed by atoms with Gasteiger partial charge in [0.2, 0.25) is 21.8 Å². The third-order valence-corrected chi connectivity index (χ3v) is 4.66. The first-order valence-corrected chi connectivity index (χ1v) is 9.78. The van der Waals surface area contributed by atoms with Gasteiger partial charge >= 0.3 is 0 Å². The Balaban J connectivity index is 2.15. The van der Waals surface area contributed by atoms with E-state index in [4.69, 9.17) is 11.6 Å². The van der Waals surface area contributed by atoms with Crippen molar-refractivity contribution in [3.8, 4) is 0 Å². The van der Waals surface area contributed by atoms with Crippen LogP contribution in [0, 0.1) is 0 Å². The zero-order chi connectivity index (χ0) is 19.3. The summed E-state index contributed by atoms with van der Waals surface area (Å²) in [6, 6.07) is 12.7. The smallest absolute Gasteiger partial charge is 0.245 e. The molecule has 0 heterocycles. The van der Waals surface area contributed by atoms with Crippen LogP contribution in [0.2, 0.25) is 5.02 Å². The molecule has 0 aromatic heterocycles. The molecule has 0 aliphatic rings. The largest absolute Gasteiger partial charge is 0.326 e. The number of nitrogens with one attached hydrogen (secondary N) is 2. The Bertz CT molecular complexity index is 914. The maximum atomic E-state index is 12.3. The van der Waals surface area contributed by atoms with E-state index in [9.17, 15) is 18.0 Å². The highest BCUT2D eigenvalue weighted by atomic mass is 35.5. The van der Waals surface area contributed by atoms with Crippen LogP contribution in [-0.2, 0) is 19.6 Å². The number of anilines is 3. The van der Waals surface area contributed by atoms with Crippen molar-refractivity contribution >= 4 is 50.5 Å². The molecule has 2 rings (SSSR count). The molecule has 0 aliphatic carbocycles. The molecule has 2 aromatic rings. The van der Waals surface area contributed by atoms with Crippen molar-refractivity contribution < 1.29 is 18.0 Å². The minimum absolute atomic E-state index is 0.237. The lowest BCUT2D eigenvalue weighted by Crippen LogP contribution is -2.37. The van der Waals surface area contributed by atoms with Gasteiger partial charge in [-0.3, -0.25) is 13.9 Å². The van der Waals surface area contributed by atoms with E-state index in [1.54, 1.807) is 36.4 Å². The Kier molecular flexibility index (Phi) is 6.23. The Hall–Kier alpha value is -2.58. The molecule has 0 bridgehead atoms. The lowest BCUT2D eigenvalue weighted by molar-refractivity contribution is -0.115. The molecule has 2 amide bonds. The predicted octanol–water partition coefficient (Wildman–Crippen LogP) is 2.70. The summed E-state index contributed by atoms with van der Waals surface area (Å²) in [5.41, 5.74) is 1.29. The highest BCUT2D eigenvalue weighted by Crippen LogP contribution is 2.21. The summed E-state index contributed by atoms with van der Waals surface area (Å²) in [6.45, 7) is 0.978.